The Morgan fingerprint density at radius 3 is 2.17 bits per heavy atom. The molecule has 1 aliphatic rings. The molecule has 0 aliphatic carbocycles. The highest BCUT2D eigenvalue weighted by molar-refractivity contribution is 4.86. The normalized spacial score (nSPS) is 44.8. The minimum atomic E-state index is 0.375. The number of rotatable bonds is 2. The lowest BCUT2D eigenvalue weighted by molar-refractivity contribution is 0.0119. The Kier molecular flexibility index (Phi) is 3.13. The van der Waals surface area contributed by atoms with Gasteiger partial charge in [-0.2, -0.15) is 0 Å². The molecule has 1 heterocycles. The molecule has 2 nitrogen and oxygen atoms in total. The van der Waals surface area contributed by atoms with Crippen molar-refractivity contribution in [1.82, 2.24) is 0 Å². The molecule has 0 amide bonds. The highest BCUT2D eigenvalue weighted by atomic mass is 16.5. The van der Waals surface area contributed by atoms with Gasteiger partial charge in [0.1, 0.15) is 0 Å². The number of ether oxygens (including phenoxy) is 1. The zero-order valence-corrected chi connectivity index (χ0v) is 8.58. The first-order chi connectivity index (χ1) is 5.57. The summed E-state index contributed by atoms with van der Waals surface area (Å²) in [6, 6.07) is 0. The van der Waals surface area contributed by atoms with Crippen LogP contribution >= 0.6 is 0 Å². The topological polar surface area (TPSA) is 35.2 Å². The minimum absolute atomic E-state index is 0.375. The molecule has 12 heavy (non-hydrogen) atoms. The highest BCUT2D eigenvalue weighted by Crippen LogP contribution is 2.35. The van der Waals surface area contributed by atoms with Crippen LogP contribution in [0, 0.1) is 17.8 Å². The molecule has 0 aromatic heterocycles. The quantitative estimate of drug-likeness (QED) is 0.685. The number of hydrogen-bond donors (Lipinski definition) is 1. The van der Waals surface area contributed by atoms with Gasteiger partial charge in [0.15, 0.2) is 0 Å². The summed E-state index contributed by atoms with van der Waals surface area (Å²) in [4.78, 5) is 0. The second kappa shape index (κ2) is 3.75. The second-order valence-electron chi connectivity index (χ2n) is 4.24. The average Bonchev–Trinajstić information content (AvgIpc) is 2.32. The van der Waals surface area contributed by atoms with Crippen LogP contribution in [0.25, 0.3) is 0 Å². The first-order valence-electron chi connectivity index (χ1n) is 4.93. The van der Waals surface area contributed by atoms with Crippen molar-refractivity contribution in [2.75, 3.05) is 6.54 Å². The lowest BCUT2D eigenvalue weighted by Crippen LogP contribution is -2.29. The highest BCUT2D eigenvalue weighted by Gasteiger charge is 2.38. The predicted octanol–water partition coefficient (Wildman–Crippen LogP) is 1.64. The second-order valence-corrected chi connectivity index (χ2v) is 4.24. The third-order valence-corrected chi connectivity index (χ3v) is 3.39. The van der Waals surface area contributed by atoms with Gasteiger partial charge in [-0.15, -0.1) is 0 Å². The zero-order chi connectivity index (χ0) is 9.30. The molecule has 1 aliphatic heterocycles. The van der Waals surface area contributed by atoms with Gasteiger partial charge < -0.3 is 10.5 Å². The van der Waals surface area contributed by atoms with Crippen LogP contribution in [0.5, 0.6) is 0 Å². The molecule has 0 radical (unpaired) electrons. The van der Waals surface area contributed by atoms with E-state index in [9.17, 15) is 0 Å². The van der Waals surface area contributed by atoms with Crippen LogP contribution in [0.3, 0.4) is 0 Å². The fraction of sp³-hybridized carbons (Fsp3) is 1.00. The smallest absolute Gasteiger partial charge is 0.0645 e. The summed E-state index contributed by atoms with van der Waals surface area (Å²) in [7, 11) is 0. The summed E-state index contributed by atoms with van der Waals surface area (Å²) >= 11 is 0. The standard InChI is InChI=1S/C10H21NO/c1-6(5-11)10-8(3)7(2)9(4)12-10/h6-10H,5,11H2,1-4H3. The van der Waals surface area contributed by atoms with Crippen molar-refractivity contribution < 1.29 is 4.74 Å². The Hall–Kier alpha value is -0.0800. The molecule has 0 saturated carbocycles. The molecule has 72 valence electrons. The Balaban J connectivity index is 2.58. The van der Waals surface area contributed by atoms with E-state index in [-0.39, 0.29) is 0 Å². The molecule has 0 spiro atoms. The third-order valence-electron chi connectivity index (χ3n) is 3.39. The van der Waals surface area contributed by atoms with E-state index in [1.807, 2.05) is 0 Å². The molecule has 0 aromatic rings. The van der Waals surface area contributed by atoms with Gasteiger partial charge in [0.2, 0.25) is 0 Å². The Bertz CT molecular complexity index is 149. The first kappa shape index (κ1) is 10.0. The fourth-order valence-corrected chi connectivity index (χ4v) is 2.01. The van der Waals surface area contributed by atoms with Gasteiger partial charge in [-0.05, 0) is 31.2 Å². The molecule has 2 N–H and O–H groups in total. The zero-order valence-electron chi connectivity index (χ0n) is 8.58. The molecule has 0 aromatic carbocycles. The Labute approximate surface area is 75.5 Å². The van der Waals surface area contributed by atoms with E-state index in [2.05, 4.69) is 27.7 Å². The van der Waals surface area contributed by atoms with Crippen LogP contribution in [0.1, 0.15) is 27.7 Å². The van der Waals surface area contributed by atoms with Crippen LogP contribution < -0.4 is 5.73 Å². The maximum Gasteiger partial charge on any atom is 0.0645 e. The van der Waals surface area contributed by atoms with Crippen LogP contribution in [0.2, 0.25) is 0 Å². The van der Waals surface area contributed by atoms with Crippen molar-refractivity contribution >= 4 is 0 Å². The first-order valence-corrected chi connectivity index (χ1v) is 4.93. The van der Waals surface area contributed by atoms with Gasteiger partial charge in [-0.3, -0.25) is 0 Å². The molecule has 0 bridgehead atoms. The maximum atomic E-state index is 5.86. The van der Waals surface area contributed by atoms with E-state index in [1.165, 1.54) is 0 Å². The fourth-order valence-electron chi connectivity index (χ4n) is 2.01. The largest absolute Gasteiger partial charge is 0.374 e. The molecule has 1 saturated heterocycles. The molecular formula is C10H21NO. The van der Waals surface area contributed by atoms with Gasteiger partial charge in [0, 0.05) is 0 Å². The predicted molar refractivity (Wildman–Crippen MR) is 50.9 cm³/mol. The van der Waals surface area contributed by atoms with Crippen molar-refractivity contribution in [3.63, 3.8) is 0 Å². The summed E-state index contributed by atoms with van der Waals surface area (Å²) in [6.45, 7) is 9.59. The number of hydrogen-bond acceptors (Lipinski definition) is 2. The number of nitrogens with two attached hydrogens (primary N) is 1. The van der Waals surface area contributed by atoms with Crippen LogP contribution in [0.4, 0.5) is 0 Å². The van der Waals surface area contributed by atoms with Crippen molar-refractivity contribution in [2.24, 2.45) is 23.5 Å². The van der Waals surface area contributed by atoms with Crippen LogP contribution in [-0.4, -0.2) is 18.8 Å². The van der Waals surface area contributed by atoms with Gasteiger partial charge in [0.05, 0.1) is 12.2 Å². The van der Waals surface area contributed by atoms with Gasteiger partial charge >= 0.3 is 0 Å². The van der Waals surface area contributed by atoms with Crippen LogP contribution in [-0.2, 0) is 4.74 Å². The van der Waals surface area contributed by atoms with E-state index >= 15 is 0 Å². The van der Waals surface area contributed by atoms with Crippen molar-refractivity contribution in [3.8, 4) is 0 Å². The van der Waals surface area contributed by atoms with E-state index in [1.54, 1.807) is 0 Å². The molecule has 5 atom stereocenters. The summed E-state index contributed by atoms with van der Waals surface area (Å²) in [5.74, 6) is 1.81. The Morgan fingerprint density at radius 1 is 1.25 bits per heavy atom. The lowest BCUT2D eigenvalue weighted by Gasteiger charge is -2.21. The van der Waals surface area contributed by atoms with Gasteiger partial charge in [-0.25, -0.2) is 0 Å². The van der Waals surface area contributed by atoms with E-state index in [4.69, 9.17) is 10.5 Å². The third kappa shape index (κ3) is 1.64. The van der Waals surface area contributed by atoms with Crippen molar-refractivity contribution in [2.45, 2.75) is 39.9 Å². The van der Waals surface area contributed by atoms with Crippen LogP contribution in [0.15, 0.2) is 0 Å². The summed E-state index contributed by atoms with van der Waals surface area (Å²) in [5.41, 5.74) is 5.62. The summed E-state index contributed by atoms with van der Waals surface area (Å²) in [6.07, 6.45) is 0.777. The Morgan fingerprint density at radius 2 is 1.83 bits per heavy atom. The maximum absolute atomic E-state index is 5.86. The summed E-state index contributed by atoms with van der Waals surface area (Å²) < 4.78 is 5.86. The summed E-state index contributed by atoms with van der Waals surface area (Å²) in [5, 5.41) is 0. The monoisotopic (exact) mass is 171 g/mol. The van der Waals surface area contributed by atoms with Crippen molar-refractivity contribution in [1.29, 1.82) is 0 Å². The average molecular weight is 171 g/mol. The molecule has 1 fully saturated rings. The molecule has 1 rings (SSSR count). The molecule has 5 unspecified atom stereocenters. The van der Waals surface area contributed by atoms with E-state index in [0.29, 0.717) is 30.0 Å². The van der Waals surface area contributed by atoms with Gasteiger partial charge in [-0.1, -0.05) is 20.8 Å². The molecular weight excluding hydrogens is 150 g/mol. The van der Waals surface area contributed by atoms with Crippen molar-refractivity contribution in [3.05, 3.63) is 0 Å². The van der Waals surface area contributed by atoms with E-state index < -0.39 is 0 Å². The van der Waals surface area contributed by atoms with E-state index in [0.717, 1.165) is 6.54 Å². The van der Waals surface area contributed by atoms with Gasteiger partial charge in [0.25, 0.3) is 0 Å². The molecule has 2 heteroatoms. The minimum Gasteiger partial charge on any atom is -0.374 e. The SMILES string of the molecule is CC(CN)C1OC(C)C(C)C1C. The lowest BCUT2D eigenvalue weighted by atomic mass is 9.86.